The van der Waals surface area contributed by atoms with Crippen molar-refractivity contribution in [3.8, 4) is 0 Å². The van der Waals surface area contributed by atoms with E-state index in [1.165, 1.54) is 5.56 Å². The van der Waals surface area contributed by atoms with Gasteiger partial charge in [-0.3, -0.25) is 0 Å². The van der Waals surface area contributed by atoms with Crippen LogP contribution in [0.15, 0.2) is 18.3 Å². The molecule has 0 fully saturated rings. The van der Waals surface area contributed by atoms with Gasteiger partial charge in [0.15, 0.2) is 0 Å². The van der Waals surface area contributed by atoms with E-state index in [1.807, 2.05) is 13.2 Å². The molecule has 4 heteroatoms. The quantitative estimate of drug-likeness (QED) is 0.817. The molecule has 1 N–H and O–H groups in total. The maximum atomic E-state index is 4.54. The summed E-state index contributed by atoms with van der Waals surface area (Å²) in [7, 11) is 6.20. The van der Waals surface area contributed by atoms with E-state index in [9.17, 15) is 0 Å². The maximum Gasteiger partial charge on any atom is 0.129 e. The molecular formula is C15H28N4. The third-order valence-electron chi connectivity index (χ3n) is 3.50. The first-order valence-electron chi connectivity index (χ1n) is 7.04. The minimum Gasteiger partial charge on any atom is -0.353 e. The van der Waals surface area contributed by atoms with Crippen molar-refractivity contribution in [2.24, 2.45) is 0 Å². The van der Waals surface area contributed by atoms with Gasteiger partial charge in [0.2, 0.25) is 0 Å². The molecule has 1 rings (SSSR count). The molecule has 0 saturated carbocycles. The number of nitrogens with one attached hydrogen (secondary N) is 1. The standard InChI is InChI=1S/C15H28N4/c1-7-19(12(2)11-18(5)6)15-10-14(8-9-17-15)13(3)16-4/h8-10,12-13,16H,7,11H2,1-6H3. The fraction of sp³-hybridized carbons (Fsp3) is 0.667. The highest BCUT2D eigenvalue weighted by molar-refractivity contribution is 5.42. The normalized spacial score (nSPS) is 14.5. The summed E-state index contributed by atoms with van der Waals surface area (Å²) in [4.78, 5) is 9.10. The highest BCUT2D eigenvalue weighted by Gasteiger charge is 2.15. The second-order valence-corrected chi connectivity index (χ2v) is 5.36. The number of hydrogen-bond acceptors (Lipinski definition) is 4. The third kappa shape index (κ3) is 4.48. The van der Waals surface area contributed by atoms with Crippen molar-refractivity contribution >= 4 is 5.82 Å². The molecule has 1 aromatic heterocycles. The average molecular weight is 264 g/mol. The number of hydrogen-bond donors (Lipinski definition) is 1. The predicted molar refractivity (Wildman–Crippen MR) is 82.7 cm³/mol. The van der Waals surface area contributed by atoms with Gasteiger partial charge in [0, 0.05) is 31.4 Å². The first kappa shape index (κ1) is 15.9. The molecule has 0 aliphatic rings. The molecule has 108 valence electrons. The van der Waals surface area contributed by atoms with Crippen LogP contribution in [0.25, 0.3) is 0 Å². The van der Waals surface area contributed by atoms with Crippen molar-refractivity contribution in [3.63, 3.8) is 0 Å². The van der Waals surface area contributed by atoms with E-state index in [2.05, 4.69) is 67.1 Å². The van der Waals surface area contributed by atoms with Crippen LogP contribution in [0.5, 0.6) is 0 Å². The van der Waals surface area contributed by atoms with Crippen LogP contribution in [-0.2, 0) is 0 Å². The van der Waals surface area contributed by atoms with E-state index < -0.39 is 0 Å². The summed E-state index contributed by atoms with van der Waals surface area (Å²) in [6.45, 7) is 8.60. The number of likely N-dealkylation sites (N-methyl/N-ethyl adjacent to an activating group) is 2. The van der Waals surface area contributed by atoms with Gasteiger partial charge < -0.3 is 15.1 Å². The summed E-state index contributed by atoms with van der Waals surface area (Å²) in [5, 5.41) is 3.27. The molecule has 1 heterocycles. The fourth-order valence-corrected chi connectivity index (χ4v) is 2.35. The van der Waals surface area contributed by atoms with Crippen molar-refractivity contribution in [2.75, 3.05) is 39.1 Å². The average Bonchev–Trinajstić information content (AvgIpc) is 2.38. The molecule has 0 aliphatic heterocycles. The minimum absolute atomic E-state index is 0.351. The Bertz CT molecular complexity index is 378. The van der Waals surface area contributed by atoms with Crippen LogP contribution in [-0.4, -0.2) is 50.2 Å². The van der Waals surface area contributed by atoms with Crippen molar-refractivity contribution in [3.05, 3.63) is 23.9 Å². The van der Waals surface area contributed by atoms with Gasteiger partial charge in [-0.15, -0.1) is 0 Å². The van der Waals surface area contributed by atoms with Crippen molar-refractivity contribution < 1.29 is 0 Å². The molecule has 0 saturated heterocycles. The zero-order valence-electron chi connectivity index (χ0n) is 13.1. The Morgan fingerprint density at radius 1 is 1.32 bits per heavy atom. The molecule has 0 bridgehead atoms. The van der Waals surface area contributed by atoms with Gasteiger partial charge in [-0.2, -0.15) is 0 Å². The first-order valence-corrected chi connectivity index (χ1v) is 7.04. The van der Waals surface area contributed by atoms with E-state index in [0.717, 1.165) is 18.9 Å². The SMILES string of the molecule is CCN(c1cc(C(C)NC)ccn1)C(C)CN(C)C. The van der Waals surface area contributed by atoms with E-state index in [-0.39, 0.29) is 0 Å². The lowest BCUT2D eigenvalue weighted by Gasteiger charge is -2.31. The number of rotatable bonds is 7. The van der Waals surface area contributed by atoms with Crippen LogP contribution in [0.1, 0.15) is 32.4 Å². The predicted octanol–water partition coefficient (Wildman–Crippen LogP) is 2.14. The maximum absolute atomic E-state index is 4.54. The fourth-order valence-electron chi connectivity index (χ4n) is 2.35. The Hall–Kier alpha value is -1.13. The highest BCUT2D eigenvalue weighted by Crippen LogP contribution is 2.19. The van der Waals surface area contributed by atoms with Crippen molar-refractivity contribution in [2.45, 2.75) is 32.9 Å². The zero-order valence-corrected chi connectivity index (χ0v) is 13.1. The van der Waals surface area contributed by atoms with Crippen LogP contribution in [0.3, 0.4) is 0 Å². The van der Waals surface area contributed by atoms with E-state index in [1.54, 1.807) is 0 Å². The van der Waals surface area contributed by atoms with Crippen molar-refractivity contribution in [1.82, 2.24) is 15.2 Å². The molecule has 0 amide bonds. The van der Waals surface area contributed by atoms with Gasteiger partial charge in [-0.05, 0) is 59.6 Å². The second-order valence-electron chi connectivity index (χ2n) is 5.36. The van der Waals surface area contributed by atoms with E-state index in [4.69, 9.17) is 0 Å². The number of nitrogens with zero attached hydrogens (tertiary/aromatic N) is 3. The lowest BCUT2D eigenvalue weighted by molar-refractivity contribution is 0.372. The van der Waals surface area contributed by atoms with Gasteiger partial charge in [0.1, 0.15) is 5.82 Å². The van der Waals surface area contributed by atoms with Gasteiger partial charge in [-0.25, -0.2) is 4.98 Å². The van der Waals surface area contributed by atoms with E-state index >= 15 is 0 Å². The van der Waals surface area contributed by atoms with E-state index in [0.29, 0.717) is 12.1 Å². The third-order valence-corrected chi connectivity index (χ3v) is 3.50. The molecule has 0 radical (unpaired) electrons. The highest BCUT2D eigenvalue weighted by atomic mass is 15.2. The van der Waals surface area contributed by atoms with Gasteiger partial charge in [0.25, 0.3) is 0 Å². The Balaban J connectivity index is 2.92. The molecule has 0 aromatic carbocycles. The zero-order chi connectivity index (χ0) is 14.4. The Morgan fingerprint density at radius 3 is 2.53 bits per heavy atom. The Morgan fingerprint density at radius 2 is 2.00 bits per heavy atom. The number of anilines is 1. The monoisotopic (exact) mass is 264 g/mol. The minimum atomic E-state index is 0.351. The van der Waals surface area contributed by atoms with Gasteiger partial charge >= 0.3 is 0 Å². The summed E-state index contributed by atoms with van der Waals surface area (Å²) in [5.74, 6) is 1.07. The largest absolute Gasteiger partial charge is 0.353 e. The van der Waals surface area contributed by atoms with Crippen molar-refractivity contribution in [1.29, 1.82) is 0 Å². The molecule has 4 nitrogen and oxygen atoms in total. The molecule has 1 aromatic rings. The Labute approximate surface area is 117 Å². The summed E-state index contributed by atoms with van der Waals surface area (Å²) in [6, 6.07) is 5.07. The molecule has 19 heavy (non-hydrogen) atoms. The number of aromatic nitrogens is 1. The number of pyridine rings is 1. The van der Waals surface area contributed by atoms with Crippen LogP contribution in [0, 0.1) is 0 Å². The van der Waals surface area contributed by atoms with Crippen LogP contribution >= 0.6 is 0 Å². The lowest BCUT2D eigenvalue weighted by atomic mass is 10.1. The van der Waals surface area contributed by atoms with Gasteiger partial charge in [-0.1, -0.05) is 0 Å². The molecule has 2 unspecified atom stereocenters. The van der Waals surface area contributed by atoms with Gasteiger partial charge in [0.05, 0.1) is 0 Å². The lowest BCUT2D eigenvalue weighted by Crippen LogP contribution is -2.40. The summed E-state index contributed by atoms with van der Waals surface area (Å²) < 4.78 is 0. The topological polar surface area (TPSA) is 31.4 Å². The van der Waals surface area contributed by atoms with Crippen LogP contribution < -0.4 is 10.2 Å². The van der Waals surface area contributed by atoms with Crippen LogP contribution in [0.4, 0.5) is 5.82 Å². The molecule has 2 atom stereocenters. The molecule has 0 aliphatic carbocycles. The second kappa shape index (κ2) is 7.46. The summed E-state index contributed by atoms with van der Waals surface area (Å²) in [6.07, 6.45) is 1.91. The van der Waals surface area contributed by atoms with Crippen LogP contribution in [0.2, 0.25) is 0 Å². The summed E-state index contributed by atoms with van der Waals surface area (Å²) >= 11 is 0. The molecule has 0 spiro atoms. The first-order chi connectivity index (χ1) is 8.99. The summed E-state index contributed by atoms with van der Waals surface area (Å²) in [5.41, 5.74) is 1.28. The smallest absolute Gasteiger partial charge is 0.129 e. The Kier molecular flexibility index (Phi) is 6.25. The molecular weight excluding hydrogens is 236 g/mol.